The SMILES string of the molecule is COc1ccc(NC(=O)C2Oc3c(c(=O)oc4ccccc34)C2c2ccc3c(c2)n(C)c(=O)n3C)cc1. The Labute approximate surface area is 210 Å². The summed E-state index contributed by atoms with van der Waals surface area (Å²) in [6.45, 7) is 0. The van der Waals surface area contributed by atoms with Crippen molar-refractivity contribution in [2.24, 2.45) is 14.1 Å². The van der Waals surface area contributed by atoms with E-state index in [1.54, 1.807) is 68.2 Å². The Morgan fingerprint density at radius 1 is 0.946 bits per heavy atom. The van der Waals surface area contributed by atoms with Gasteiger partial charge in [0.15, 0.2) is 6.10 Å². The number of carbonyl (C=O) groups is 1. The molecule has 0 fully saturated rings. The first-order chi connectivity index (χ1) is 17.9. The summed E-state index contributed by atoms with van der Waals surface area (Å²) in [5.41, 5.74) is 2.54. The molecule has 186 valence electrons. The number of carbonyl (C=O) groups excluding carboxylic acids is 1. The molecule has 1 N–H and O–H groups in total. The summed E-state index contributed by atoms with van der Waals surface area (Å²) in [6, 6.07) is 19.4. The van der Waals surface area contributed by atoms with Gasteiger partial charge >= 0.3 is 11.3 Å². The van der Waals surface area contributed by atoms with Crippen molar-refractivity contribution in [3.63, 3.8) is 0 Å². The molecular formula is C28H23N3O6. The van der Waals surface area contributed by atoms with Crippen molar-refractivity contribution >= 4 is 33.6 Å². The number of nitrogens with zero attached hydrogens (tertiary/aromatic N) is 2. The van der Waals surface area contributed by atoms with E-state index in [-0.39, 0.29) is 11.3 Å². The smallest absolute Gasteiger partial charge is 0.344 e. The number of imidazole rings is 1. The van der Waals surface area contributed by atoms with E-state index in [0.29, 0.717) is 39.2 Å². The minimum absolute atomic E-state index is 0.172. The molecule has 0 aliphatic carbocycles. The van der Waals surface area contributed by atoms with E-state index in [9.17, 15) is 14.4 Å². The van der Waals surface area contributed by atoms with Crippen LogP contribution < -0.4 is 26.1 Å². The molecule has 0 spiro atoms. The molecule has 2 atom stereocenters. The largest absolute Gasteiger partial charge is 0.497 e. The van der Waals surface area contributed by atoms with Gasteiger partial charge in [-0.2, -0.15) is 0 Å². The second-order valence-corrected chi connectivity index (χ2v) is 9.01. The summed E-state index contributed by atoms with van der Waals surface area (Å²) in [4.78, 5) is 39.3. The summed E-state index contributed by atoms with van der Waals surface area (Å²) in [5.74, 6) is -0.189. The Bertz CT molecular complexity index is 1810. The second kappa shape index (κ2) is 8.41. The van der Waals surface area contributed by atoms with E-state index in [1.807, 2.05) is 24.3 Å². The Hall–Kier alpha value is -4.79. The van der Waals surface area contributed by atoms with Gasteiger partial charge in [0, 0.05) is 19.8 Å². The van der Waals surface area contributed by atoms with E-state index in [4.69, 9.17) is 13.9 Å². The van der Waals surface area contributed by atoms with Crippen molar-refractivity contribution in [2.45, 2.75) is 12.0 Å². The van der Waals surface area contributed by atoms with Crippen LogP contribution in [0.2, 0.25) is 0 Å². The summed E-state index contributed by atoms with van der Waals surface area (Å²) in [7, 11) is 4.95. The maximum Gasteiger partial charge on any atom is 0.344 e. The fourth-order valence-electron chi connectivity index (χ4n) is 5.03. The van der Waals surface area contributed by atoms with E-state index >= 15 is 0 Å². The zero-order chi connectivity index (χ0) is 25.8. The molecule has 3 aromatic carbocycles. The third-order valence-corrected chi connectivity index (χ3v) is 6.93. The molecule has 3 heterocycles. The van der Waals surface area contributed by atoms with Crippen LogP contribution in [0.5, 0.6) is 11.5 Å². The number of ether oxygens (including phenoxy) is 2. The maximum absolute atomic E-state index is 13.6. The molecular weight excluding hydrogens is 474 g/mol. The highest BCUT2D eigenvalue weighted by molar-refractivity contribution is 5.98. The highest BCUT2D eigenvalue weighted by atomic mass is 16.5. The monoisotopic (exact) mass is 497 g/mol. The molecule has 37 heavy (non-hydrogen) atoms. The molecule has 6 rings (SSSR count). The first-order valence-corrected chi connectivity index (χ1v) is 11.7. The van der Waals surface area contributed by atoms with Gasteiger partial charge in [0.2, 0.25) is 0 Å². The van der Waals surface area contributed by atoms with Crippen LogP contribution in [-0.4, -0.2) is 28.3 Å². The number of hydrogen-bond donors (Lipinski definition) is 1. The van der Waals surface area contributed by atoms with Crippen LogP contribution in [0.4, 0.5) is 5.69 Å². The fraction of sp³-hybridized carbons (Fsp3) is 0.179. The van der Waals surface area contributed by atoms with Crippen LogP contribution in [0.3, 0.4) is 0 Å². The summed E-state index contributed by atoms with van der Waals surface area (Å²) in [6.07, 6.45) is -1.05. The number of fused-ring (bicyclic) bond motifs is 4. The standard InChI is InChI=1S/C28H23N3O6/c1-30-19-13-8-15(14-20(19)31(2)28(30)34)22-23-24(18-6-4-5-7-21(18)36-27(23)33)37-25(22)26(32)29-16-9-11-17(35-3)12-10-16/h4-14,22,25H,1-3H3,(H,29,32). The van der Waals surface area contributed by atoms with Gasteiger partial charge in [-0.3, -0.25) is 13.9 Å². The van der Waals surface area contributed by atoms with Gasteiger partial charge in [0.05, 0.1) is 35.0 Å². The number of amides is 1. The van der Waals surface area contributed by atoms with Gasteiger partial charge in [0.25, 0.3) is 5.91 Å². The molecule has 9 nitrogen and oxygen atoms in total. The number of rotatable bonds is 4. The molecule has 2 aromatic heterocycles. The quantitative estimate of drug-likeness (QED) is 0.381. The molecule has 0 saturated carbocycles. The minimum atomic E-state index is -1.05. The average Bonchev–Trinajstić information content (AvgIpc) is 3.42. The maximum atomic E-state index is 13.6. The van der Waals surface area contributed by atoms with Gasteiger partial charge in [0.1, 0.15) is 17.1 Å². The molecule has 9 heteroatoms. The second-order valence-electron chi connectivity index (χ2n) is 9.01. The molecule has 0 saturated heterocycles. The van der Waals surface area contributed by atoms with Crippen molar-refractivity contribution in [1.29, 1.82) is 0 Å². The lowest BCUT2D eigenvalue weighted by Gasteiger charge is -2.19. The van der Waals surface area contributed by atoms with E-state index in [0.717, 1.165) is 5.52 Å². The van der Waals surface area contributed by atoms with Gasteiger partial charge in [-0.1, -0.05) is 18.2 Å². The molecule has 1 amide bonds. The minimum Gasteiger partial charge on any atom is -0.497 e. The summed E-state index contributed by atoms with van der Waals surface area (Å²) < 4.78 is 20.1. The van der Waals surface area contributed by atoms with Crippen LogP contribution in [-0.2, 0) is 18.9 Å². The van der Waals surface area contributed by atoms with Crippen LogP contribution >= 0.6 is 0 Å². The zero-order valence-electron chi connectivity index (χ0n) is 20.3. The third-order valence-electron chi connectivity index (χ3n) is 6.93. The van der Waals surface area contributed by atoms with Crippen molar-refractivity contribution in [2.75, 3.05) is 12.4 Å². The third kappa shape index (κ3) is 3.50. The van der Waals surface area contributed by atoms with Gasteiger partial charge in [-0.25, -0.2) is 9.59 Å². The molecule has 1 aliphatic rings. The van der Waals surface area contributed by atoms with E-state index in [2.05, 4.69) is 5.32 Å². The number of nitrogens with one attached hydrogen (secondary N) is 1. The lowest BCUT2D eigenvalue weighted by Crippen LogP contribution is -2.35. The summed E-state index contributed by atoms with van der Waals surface area (Å²) >= 11 is 0. The van der Waals surface area contributed by atoms with E-state index in [1.165, 1.54) is 4.57 Å². The summed E-state index contributed by atoms with van der Waals surface area (Å²) in [5, 5.41) is 3.49. The van der Waals surface area contributed by atoms with Crippen LogP contribution in [0, 0.1) is 0 Å². The Balaban J connectivity index is 1.51. The molecule has 5 aromatic rings. The van der Waals surface area contributed by atoms with Gasteiger partial charge in [-0.15, -0.1) is 0 Å². The lowest BCUT2D eigenvalue weighted by atomic mass is 9.88. The fourth-order valence-corrected chi connectivity index (χ4v) is 5.03. The Morgan fingerprint density at radius 3 is 2.43 bits per heavy atom. The Kier molecular flexibility index (Phi) is 5.15. The number of benzene rings is 3. The van der Waals surface area contributed by atoms with Crippen molar-refractivity contribution < 1.29 is 18.7 Å². The van der Waals surface area contributed by atoms with Gasteiger partial charge < -0.3 is 19.2 Å². The normalized spacial score (nSPS) is 16.5. The number of aryl methyl sites for hydroxylation is 2. The molecule has 0 bridgehead atoms. The zero-order valence-corrected chi connectivity index (χ0v) is 20.3. The number of aromatic nitrogens is 2. The van der Waals surface area contributed by atoms with Crippen molar-refractivity contribution in [3.8, 4) is 11.5 Å². The number of anilines is 1. The Morgan fingerprint density at radius 2 is 1.68 bits per heavy atom. The van der Waals surface area contributed by atoms with Gasteiger partial charge in [-0.05, 0) is 54.1 Å². The molecule has 0 radical (unpaired) electrons. The predicted molar refractivity (Wildman–Crippen MR) is 139 cm³/mol. The first-order valence-electron chi connectivity index (χ1n) is 11.7. The van der Waals surface area contributed by atoms with Crippen molar-refractivity contribution in [3.05, 3.63) is 98.8 Å². The predicted octanol–water partition coefficient (Wildman–Crippen LogP) is 3.52. The highest BCUT2D eigenvalue weighted by Gasteiger charge is 2.44. The average molecular weight is 498 g/mol. The number of methoxy groups -OCH3 is 1. The topological polar surface area (TPSA) is 105 Å². The van der Waals surface area contributed by atoms with Crippen LogP contribution in [0.25, 0.3) is 22.0 Å². The van der Waals surface area contributed by atoms with E-state index < -0.39 is 23.6 Å². The molecule has 1 aliphatic heterocycles. The lowest BCUT2D eigenvalue weighted by molar-refractivity contribution is -0.122. The number of para-hydroxylation sites is 1. The highest BCUT2D eigenvalue weighted by Crippen LogP contribution is 2.45. The number of hydrogen-bond acceptors (Lipinski definition) is 6. The van der Waals surface area contributed by atoms with Crippen LogP contribution in [0.15, 0.2) is 80.7 Å². The molecule has 2 unspecified atom stereocenters. The van der Waals surface area contributed by atoms with Crippen LogP contribution in [0.1, 0.15) is 17.0 Å². The van der Waals surface area contributed by atoms with Crippen molar-refractivity contribution in [1.82, 2.24) is 9.13 Å². The first kappa shape index (κ1) is 22.7.